The molecule has 0 unspecified atom stereocenters. The third kappa shape index (κ3) is 3.08. The molecule has 20 heavy (non-hydrogen) atoms. The average Bonchev–Trinajstić information content (AvgIpc) is 2.43. The Hall–Kier alpha value is -1.66. The van der Waals surface area contributed by atoms with Crippen molar-refractivity contribution in [1.29, 1.82) is 0 Å². The van der Waals surface area contributed by atoms with Crippen molar-refractivity contribution in [2.24, 2.45) is 0 Å². The summed E-state index contributed by atoms with van der Waals surface area (Å²) in [6, 6.07) is 8.59. The van der Waals surface area contributed by atoms with Crippen LogP contribution >= 0.6 is 27.5 Å². The number of nitro groups is 1. The van der Waals surface area contributed by atoms with Crippen LogP contribution in [0.3, 0.4) is 0 Å². The van der Waals surface area contributed by atoms with Crippen LogP contribution in [0.5, 0.6) is 11.5 Å². The Morgan fingerprint density at radius 2 is 2.10 bits per heavy atom. The van der Waals surface area contributed by atoms with Crippen molar-refractivity contribution in [2.45, 2.75) is 5.33 Å². The molecular formula is C13H8BrClFNO3. The van der Waals surface area contributed by atoms with Crippen LogP contribution in [0, 0.1) is 15.9 Å². The predicted octanol–water partition coefficient (Wildman–Crippen LogP) is 5.07. The van der Waals surface area contributed by atoms with Crippen molar-refractivity contribution in [2.75, 3.05) is 0 Å². The van der Waals surface area contributed by atoms with Crippen molar-refractivity contribution < 1.29 is 14.1 Å². The predicted molar refractivity (Wildman–Crippen MR) is 77.2 cm³/mol. The van der Waals surface area contributed by atoms with E-state index in [-0.39, 0.29) is 16.5 Å². The molecule has 0 heterocycles. The van der Waals surface area contributed by atoms with E-state index in [1.54, 1.807) is 6.07 Å². The SMILES string of the molecule is O=[N+]([O-])c1ccc(Oc2cccc(Cl)c2F)cc1CBr. The van der Waals surface area contributed by atoms with Gasteiger partial charge in [-0.25, -0.2) is 4.39 Å². The fraction of sp³-hybridized carbons (Fsp3) is 0.0769. The van der Waals surface area contributed by atoms with Gasteiger partial charge in [-0.1, -0.05) is 33.6 Å². The molecule has 0 saturated carbocycles. The van der Waals surface area contributed by atoms with Gasteiger partial charge in [0.1, 0.15) is 5.75 Å². The number of halogens is 3. The number of hydrogen-bond acceptors (Lipinski definition) is 3. The first-order valence-electron chi connectivity index (χ1n) is 5.48. The summed E-state index contributed by atoms with van der Waals surface area (Å²) in [6.45, 7) is 0. The summed E-state index contributed by atoms with van der Waals surface area (Å²) in [7, 11) is 0. The summed E-state index contributed by atoms with van der Waals surface area (Å²) in [5.74, 6) is -0.411. The van der Waals surface area contributed by atoms with Crippen LogP contribution in [0.1, 0.15) is 5.56 Å². The Morgan fingerprint density at radius 1 is 1.35 bits per heavy atom. The van der Waals surface area contributed by atoms with Gasteiger partial charge in [-0.15, -0.1) is 0 Å². The van der Waals surface area contributed by atoms with Gasteiger partial charge in [0.25, 0.3) is 5.69 Å². The summed E-state index contributed by atoms with van der Waals surface area (Å²) in [4.78, 5) is 10.3. The Kier molecular flexibility index (Phi) is 4.57. The minimum atomic E-state index is -0.673. The number of benzene rings is 2. The molecule has 2 rings (SSSR count). The second-order valence-electron chi connectivity index (χ2n) is 3.84. The average molecular weight is 361 g/mol. The first-order chi connectivity index (χ1) is 9.52. The van der Waals surface area contributed by atoms with E-state index < -0.39 is 10.7 Å². The first kappa shape index (κ1) is 14.7. The van der Waals surface area contributed by atoms with Crippen LogP contribution in [-0.2, 0) is 5.33 Å². The molecule has 0 spiro atoms. The highest BCUT2D eigenvalue weighted by atomic mass is 79.9. The number of hydrogen-bond donors (Lipinski definition) is 0. The van der Waals surface area contributed by atoms with Crippen LogP contribution in [0.2, 0.25) is 5.02 Å². The largest absolute Gasteiger partial charge is 0.454 e. The van der Waals surface area contributed by atoms with E-state index >= 15 is 0 Å². The Labute approximate surface area is 127 Å². The van der Waals surface area contributed by atoms with Crippen molar-refractivity contribution >= 4 is 33.2 Å². The van der Waals surface area contributed by atoms with Crippen LogP contribution in [0.4, 0.5) is 10.1 Å². The van der Waals surface area contributed by atoms with Crippen molar-refractivity contribution in [3.63, 3.8) is 0 Å². The van der Waals surface area contributed by atoms with Gasteiger partial charge >= 0.3 is 0 Å². The summed E-state index contributed by atoms with van der Waals surface area (Å²) in [5.41, 5.74) is 0.413. The smallest absolute Gasteiger partial charge is 0.273 e. The highest BCUT2D eigenvalue weighted by Gasteiger charge is 2.15. The van der Waals surface area contributed by atoms with Gasteiger partial charge in [0, 0.05) is 17.0 Å². The highest BCUT2D eigenvalue weighted by Crippen LogP contribution is 2.32. The molecule has 0 aliphatic carbocycles. The molecule has 0 N–H and O–H groups in total. The Balaban J connectivity index is 2.35. The summed E-state index contributed by atoms with van der Waals surface area (Å²) < 4.78 is 19.1. The zero-order valence-corrected chi connectivity index (χ0v) is 12.3. The lowest BCUT2D eigenvalue weighted by Gasteiger charge is -2.08. The summed E-state index contributed by atoms with van der Waals surface area (Å²) in [5, 5.41) is 11.1. The number of nitrogens with zero attached hydrogens (tertiary/aromatic N) is 1. The fourth-order valence-corrected chi connectivity index (χ4v) is 2.22. The minimum absolute atomic E-state index is 0.0270. The quantitative estimate of drug-likeness (QED) is 0.434. The molecule has 2 aromatic rings. The van der Waals surface area contributed by atoms with Crippen LogP contribution in [-0.4, -0.2) is 4.92 Å². The van der Waals surface area contributed by atoms with Crippen molar-refractivity contribution in [3.8, 4) is 11.5 Å². The minimum Gasteiger partial charge on any atom is -0.454 e. The molecule has 0 amide bonds. The standard InChI is InChI=1S/C13H8BrClFNO3/c14-7-8-6-9(4-5-11(8)17(18)19)20-12-3-1-2-10(15)13(12)16/h1-6H,7H2. The molecule has 0 radical (unpaired) electrons. The third-order valence-corrected chi connectivity index (χ3v) is 3.43. The Morgan fingerprint density at radius 3 is 2.75 bits per heavy atom. The molecular weight excluding hydrogens is 353 g/mol. The normalized spacial score (nSPS) is 10.3. The van der Waals surface area contributed by atoms with E-state index in [1.807, 2.05) is 0 Å². The molecule has 0 aliphatic heterocycles. The lowest BCUT2D eigenvalue weighted by atomic mass is 10.2. The molecule has 0 aromatic heterocycles. The Bertz CT molecular complexity index is 666. The molecule has 4 nitrogen and oxygen atoms in total. The van der Waals surface area contributed by atoms with Gasteiger partial charge in [-0.05, 0) is 24.3 Å². The van der Waals surface area contributed by atoms with Gasteiger partial charge in [-0.3, -0.25) is 10.1 Å². The van der Waals surface area contributed by atoms with Crippen LogP contribution < -0.4 is 4.74 Å². The van der Waals surface area contributed by atoms with Gasteiger partial charge in [0.2, 0.25) is 0 Å². The van der Waals surface area contributed by atoms with E-state index in [0.29, 0.717) is 16.6 Å². The second kappa shape index (κ2) is 6.19. The lowest BCUT2D eigenvalue weighted by molar-refractivity contribution is -0.385. The maximum atomic E-state index is 13.7. The van der Waals surface area contributed by atoms with Crippen LogP contribution in [0.25, 0.3) is 0 Å². The van der Waals surface area contributed by atoms with E-state index in [4.69, 9.17) is 16.3 Å². The number of ether oxygens (including phenoxy) is 1. The molecule has 0 atom stereocenters. The molecule has 7 heteroatoms. The maximum absolute atomic E-state index is 13.7. The maximum Gasteiger partial charge on any atom is 0.273 e. The summed E-state index contributed by atoms with van der Waals surface area (Å²) >= 11 is 8.82. The van der Waals surface area contributed by atoms with E-state index in [9.17, 15) is 14.5 Å². The molecule has 0 fully saturated rings. The molecule has 2 aromatic carbocycles. The van der Waals surface area contributed by atoms with Crippen molar-refractivity contribution in [3.05, 3.63) is 62.9 Å². The topological polar surface area (TPSA) is 52.4 Å². The number of alkyl halides is 1. The lowest BCUT2D eigenvalue weighted by Crippen LogP contribution is -1.95. The zero-order valence-electron chi connectivity index (χ0n) is 9.98. The monoisotopic (exact) mass is 359 g/mol. The van der Waals surface area contributed by atoms with Gasteiger partial charge < -0.3 is 4.74 Å². The molecule has 0 aliphatic rings. The molecule has 0 saturated heterocycles. The molecule has 0 bridgehead atoms. The van der Waals surface area contributed by atoms with Crippen LogP contribution in [0.15, 0.2) is 36.4 Å². The fourth-order valence-electron chi connectivity index (χ4n) is 1.60. The number of rotatable bonds is 4. The number of nitro benzene ring substituents is 1. The second-order valence-corrected chi connectivity index (χ2v) is 4.80. The van der Waals surface area contributed by atoms with E-state index in [0.717, 1.165) is 0 Å². The van der Waals surface area contributed by atoms with Crippen molar-refractivity contribution in [1.82, 2.24) is 0 Å². The van der Waals surface area contributed by atoms with Gasteiger partial charge in [0.15, 0.2) is 11.6 Å². The molecule has 104 valence electrons. The van der Waals surface area contributed by atoms with Gasteiger partial charge in [0.05, 0.1) is 9.95 Å². The first-order valence-corrected chi connectivity index (χ1v) is 6.98. The highest BCUT2D eigenvalue weighted by molar-refractivity contribution is 9.08. The van der Waals surface area contributed by atoms with E-state index in [1.165, 1.54) is 30.3 Å². The third-order valence-electron chi connectivity index (χ3n) is 2.54. The van der Waals surface area contributed by atoms with Gasteiger partial charge in [-0.2, -0.15) is 0 Å². The zero-order chi connectivity index (χ0) is 14.7. The summed E-state index contributed by atoms with van der Waals surface area (Å²) in [6.07, 6.45) is 0. The van der Waals surface area contributed by atoms with E-state index in [2.05, 4.69) is 15.9 Å².